The highest BCUT2D eigenvalue weighted by molar-refractivity contribution is 5.34. The van der Waals surface area contributed by atoms with Crippen LogP contribution in [-0.2, 0) is 10.2 Å². The summed E-state index contributed by atoms with van der Waals surface area (Å²) in [6, 6.07) is 10.5. The molecule has 0 spiro atoms. The first-order valence-corrected chi connectivity index (χ1v) is 7.27. The van der Waals surface area contributed by atoms with Crippen molar-refractivity contribution in [2.45, 2.75) is 44.6 Å². The van der Waals surface area contributed by atoms with Gasteiger partial charge in [-0.3, -0.25) is 0 Å². The summed E-state index contributed by atoms with van der Waals surface area (Å²) in [4.78, 5) is 4.60. The van der Waals surface area contributed by atoms with Crippen LogP contribution in [0, 0.1) is 0 Å². The lowest BCUT2D eigenvalue weighted by Gasteiger charge is -2.38. The summed E-state index contributed by atoms with van der Waals surface area (Å²) >= 11 is 0. The molecular formula is C16H20N2O2. The van der Waals surface area contributed by atoms with E-state index in [0.29, 0.717) is 12.4 Å². The summed E-state index contributed by atoms with van der Waals surface area (Å²) in [7, 11) is 0. The monoisotopic (exact) mass is 272 g/mol. The lowest BCUT2D eigenvalue weighted by molar-refractivity contribution is 0.0683. The van der Waals surface area contributed by atoms with Gasteiger partial charge in [-0.25, -0.2) is 0 Å². The van der Waals surface area contributed by atoms with Gasteiger partial charge < -0.3 is 9.26 Å². The van der Waals surface area contributed by atoms with E-state index in [9.17, 15) is 0 Å². The second kappa shape index (κ2) is 5.37. The molecule has 4 nitrogen and oxygen atoms in total. The molecule has 0 saturated heterocycles. The molecule has 0 unspecified atom stereocenters. The van der Waals surface area contributed by atoms with E-state index >= 15 is 0 Å². The lowest BCUT2D eigenvalue weighted by Crippen LogP contribution is -2.35. The van der Waals surface area contributed by atoms with Crippen molar-refractivity contribution < 1.29 is 9.26 Å². The average Bonchev–Trinajstić information content (AvgIpc) is 2.89. The maximum atomic E-state index is 5.55. The molecule has 0 bridgehead atoms. The van der Waals surface area contributed by atoms with Gasteiger partial charge in [-0.2, -0.15) is 4.98 Å². The second-order valence-electron chi connectivity index (χ2n) is 5.36. The fourth-order valence-corrected chi connectivity index (χ4v) is 2.83. The quantitative estimate of drug-likeness (QED) is 0.833. The van der Waals surface area contributed by atoms with E-state index in [1.165, 1.54) is 12.0 Å². The molecule has 1 aliphatic rings. The Balaban J connectivity index is 1.91. The van der Waals surface area contributed by atoms with Crippen molar-refractivity contribution in [2.24, 2.45) is 0 Å². The van der Waals surface area contributed by atoms with Crippen LogP contribution in [0.2, 0.25) is 0 Å². The van der Waals surface area contributed by atoms with Gasteiger partial charge >= 0.3 is 0 Å². The predicted molar refractivity (Wildman–Crippen MR) is 75.4 cm³/mol. The number of ether oxygens (including phenoxy) is 1. The van der Waals surface area contributed by atoms with Crippen LogP contribution in [0.3, 0.4) is 0 Å². The van der Waals surface area contributed by atoms with Crippen molar-refractivity contribution >= 4 is 0 Å². The minimum absolute atomic E-state index is 0.0849. The van der Waals surface area contributed by atoms with E-state index in [1.807, 2.05) is 19.9 Å². The zero-order valence-electron chi connectivity index (χ0n) is 12.0. The molecule has 0 aliphatic heterocycles. The molecule has 1 heterocycles. The van der Waals surface area contributed by atoms with Crippen LogP contribution in [0.15, 0.2) is 34.9 Å². The van der Waals surface area contributed by atoms with Crippen LogP contribution in [-0.4, -0.2) is 16.7 Å². The fraction of sp³-hybridized carbons (Fsp3) is 0.500. The van der Waals surface area contributed by atoms with Crippen molar-refractivity contribution in [3.8, 4) is 0 Å². The van der Waals surface area contributed by atoms with Gasteiger partial charge in [0, 0.05) is 6.61 Å². The number of aromatic nitrogens is 2. The normalized spacial score (nSPS) is 18.5. The Labute approximate surface area is 119 Å². The fourth-order valence-electron chi connectivity index (χ4n) is 2.83. The maximum absolute atomic E-state index is 5.55. The van der Waals surface area contributed by atoms with E-state index < -0.39 is 0 Å². The van der Waals surface area contributed by atoms with E-state index in [2.05, 4.69) is 34.4 Å². The van der Waals surface area contributed by atoms with E-state index in [0.717, 1.165) is 18.7 Å². The number of hydrogen-bond donors (Lipinski definition) is 0. The number of hydrogen-bond acceptors (Lipinski definition) is 4. The molecule has 1 aromatic carbocycles. The molecule has 0 N–H and O–H groups in total. The standard InChI is InChI=1S/C16H20N2O2/c1-3-19-12(2)14-17-15(20-18-14)16(10-7-11-16)13-8-5-4-6-9-13/h4-6,8-9,12H,3,7,10-11H2,1-2H3/t12-/m0/s1. The zero-order chi connectivity index (χ0) is 14.0. The Kier molecular flexibility index (Phi) is 3.57. The summed E-state index contributed by atoms with van der Waals surface area (Å²) in [5.41, 5.74) is 1.18. The molecule has 0 radical (unpaired) electrons. The molecule has 1 saturated carbocycles. The number of rotatable bonds is 5. The lowest BCUT2D eigenvalue weighted by atomic mass is 9.64. The van der Waals surface area contributed by atoms with Gasteiger partial charge in [0.05, 0.1) is 5.41 Å². The van der Waals surface area contributed by atoms with Gasteiger partial charge in [0.1, 0.15) is 6.10 Å². The Hall–Kier alpha value is -1.68. The van der Waals surface area contributed by atoms with E-state index in [-0.39, 0.29) is 11.5 Å². The molecule has 3 rings (SSSR count). The highest BCUT2D eigenvalue weighted by Crippen LogP contribution is 2.48. The largest absolute Gasteiger partial charge is 0.371 e. The minimum Gasteiger partial charge on any atom is -0.371 e. The van der Waals surface area contributed by atoms with Crippen LogP contribution < -0.4 is 0 Å². The summed E-state index contributed by atoms with van der Waals surface area (Å²) in [6.45, 7) is 4.57. The number of nitrogens with zero attached hydrogens (tertiary/aromatic N) is 2. The van der Waals surface area contributed by atoms with E-state index in [4.69, 9.17) is 9.26 Å². The van der Waals surface area contributed by atoms with Crippen molar-refractivity contribution in [1.82, 2.24) is 10.1 Å². The molecule has 106 valence electrons. The highest BCUT2D eigenvalue weighted by Gasteiger charge is 2.45. The van der Waals surface area contributed by atoms with Crippen LogP contribution in [0.4, 0.5) is 0 Å². The van der Waals surface area contributed by atoms with Crippen LogP contribution in [0.1, 0.15) is 56.5 Å². The molecule has 1 fully saturated rings. The van der Waals surface area contributed by atoms with Crippen molar-refractivity contribution in [1.29, 1.82) is 0 Å². The molecule has 2 aromatic rings. The minimum atomic E-state index is -0.120. The first-order chi connectivity index (χ1) is 9.76. The topological polar surface area (TPSA) is 48.2 Å². The van der Waals surface area contributed by atoms with Gasteiger partial charge in [0.15, 0.2) is 5.82 Å². The SMILES string of the molecule is CCO[C@@H](C)c1noc(C2(c3ccccc3)CCC2)n1. The third kappa shape index (κ3) is 2.14. The average molecular weight is 272 g/mol. The van der Waals surface area contributed by atoms with Crippen molar-refractivity contribution in [2.75, 3.05) is 6.61 Å². The van der Waals surface area contributed by atoms with Gasteiger partial charge in [0.25, 0.3) is 0 Å². The highest BCUT2D eigenvalue weighted by atomic mass is 16.5. The first kappa shape index (κ1) is 13.3. The van der Waals surface area contributed by atoms with Gasteiger partial charge in [-0.15, -0.1) is 0 Å². The molecule has 0 amide bonds. The second-order valence-corrected chi connectivity index (χ2v) is 5.36. The Morgan fingerprint density at radius 1 is 1.30 bits per heavy atom. The van der Waals surface area contributed by atoms with Crippen LogP contribution >= 0.6 is 0 Å². The molecule has 1 aliphatic carbocycles. The summed E-state index contributed by atoms with van der Waals surface area (Å²) in [5.74, 6) is 1.38. The maximum Gasteiger partial charge on any atom is 0.237 e. The van der Waals surface area contributed by atoms with Crippen LogP contribution in [0.5, 0.6) is 0 Å². The summed E-state index contributed by atoms with van der Waals surface area (Å²) in [6.07, 6.45) is 3.22. The van der Waals surface area contributed by atoms with Gasteiger partial charge in [-0.1, -0.05) is 41.9 Å². The third-order valence-corrected chi connectivity index (χ3v) is 4.16. The smallest absolute Gasteiger partial charge is 0.237 e. The molecule has 1 aromatic heterocycles. The molecule has 1 atom stereocenters. The molecular weight excluding hydrogens is 252 g/mol. The van der Waals surface area contributed by atoms with Crippen molar-refractivity contribution in [3.63, 3.8) is 0 Å². The zero-order valence-corrected chi connectivity index (χ0v) is 12.0. The summed E-state index contributed by atoms with van der Waals surface area (Å²) in [5, 5.41) is 4.10. The van der Waals surface area contributed by atoms with Gasteiger partial charge in [0.2, 0.25) is 5.89 Å². The number of benzene rings is 1. The summed E-state index contributed by atoms with van der Waals surface area (Å²) < 4.78 is 11.1. The van der Waals surface area contributed by atoms with Gasteiger partial charge in [-0.05, 0) is 32.3 Å². The Bertz CT molecular complexity index is 561. The molecule has 20 heavy (non-hydrogen) atoms. The first-order valence-electron chi connectivity index (χ1n) is 7.27. The van der Waals surface area contributed by atoms with Crippen molar-refractivity contribution in [3.05, 3.63) is 47.6 Å². The Morgan fingerprint density at radius 2 is 2.05 bits per heavy atom. The third-order valence-electron chi connectivity index (χ3n) is 4.16. The van der Waals surface area contributed by atoms with E-state index in [1.54, 1.807) is 0 Å². The predicted octanol–water partition coefficient (Wildman–Crippen LogP) is 3.64. The molecule has 4 heteroatoms. The van der Waals surface area contributed by atoms with Crippen LogP contribution in [0.25, 0.3) is 0 Å². The Morgan fingerprint density at radius 3 is 2.65 bits per heavy atom.